The van der Waals surface area contributed by atoms with Gasteiger partial charge in [0.25, 0.3) is 0 Å². The maximum Gasteiger partial charge on any atom is 0.222 e. The first-order valence-corrected chi connectivity index (χ1v) is 11.2. The summed E-state index contributed by atoms with van der Waals surface area (Å²) in [6.07, 6.45) is 4.48. The molecule has 0 fully saturated rings. The van der Waals surface area contributed by atoms with Crippen molar-refractivity contribution < 1.29 is 14.3 Å². The van der Waals surface area contributed by atoms with E-state index >= 15 is 0 Å². The molecule has 1 aliphatic heterocycles. The Kier molecular flexibility index (Phi) is 8.18. The summed E-state index contributed by atoms with van der Waals surface area (Å²) in [5.74, 6) is 2.32. The largest absolute Gasteiger partial charge is 0.490 e. The topological polar surface area (TPSA) is 38.8 Å². The quantitative estimate of drug-likeness (QED) is 0.509. The van der Waals surface area contributed by atoms with Gasteiger partial charge in [0.1, 0.15) is 0 Å². The molecule has 0 aromatic heterocycles. The summed E-state index contributed by atoms with van der Waals surface area (Å²) >= 11 is 0. The number of hydrogen-bond acceptors (Lipinski definition) is 3. The van der Waals surface area contributed by atoms with Gasteiger partial charge in [0.15, 0.2) is 11.5 Å². The third kappa shape index (κ3) is 6.51. The number of nitrogens with zero attached hydrogens (tertiary/aromatic N) is 1. The maximum absolute atomic E-state index is 13.0. The summed E-state index contributed by atoms with van der Waals surface area (Å²) in [7, 11) is 0. The molecule has 0 radical (unpaired) electrons. The second-order valence-corrected chi connectivity index (χ2v) is 8.65. The van der Waals surface area contributed by atoms with Crippen LogP contribution in [0.1, 0.15) is 56.2 Å². The highest BCUT2D eigenvalue weighted by Gasteiger charge is 2.19. The fourth-order valence-corrected chi connectivity index (χ4v) is 3.94. The zero-order valence-corrected chi connectivity index (χ0v) is 18.7. The molecule has 3 rings (SSSR count). The highest BCUT2D eigenvalue weighted by molar-refractivity contribution is 5.76. The number of hydrogen-bond donors (Lipinski definition) is 0. The average Bonchev–Trinajstić information content (AvgIpc) is 2.97. The molecular weight excluding hydrogens is 374 g/mol. The number of fused-ring (bicyclic) bond motifs is 1. The zero-order chi connectivity index (χ0) is 21.3. The molecule has 1 aliphatic rings. The number of ether oxygens (including phenoxy) is 2. The Morgan fingerprint density at radius 2 is 1.80 bits per heavy atom. The lowest BCUT2D eigenvalue weighted by molar-refractivity contribution is -0.132. The van der Waals surface area contributed by atoms with E-state index in [0.29, 0.717) is 32.1 Å². The van der Waals surface area contributed by atoms with Gasteiger partial charge in [-0.2, -0.15) is 0 Å². The van der Waals surface area contributed by atoms with Crippen LogP contribution in [0.4, 0.5) is 0 Å². The van der Waals surface area contributed by atoms with Crippen LogP contribution in [0.5, 0.6) is 11.5 Å². The molecule has 30 heavy (non-hydrogen) atoms. The van der Waals surface area contributed by atoms with Gasteiger partial charge in [-0.15, -0.1) is 0 Å². The fraction of sp³-hybridized carbons (Fsp3) is 0.500. The van der Waals surface area contributed by atoms with Crippen LogP contribution in [-0.4, -0.2) is 30.6 Å². The first-order valence-electron chi connectivity index (χ1n) is 11.2. The summed E-state index contributed by atoms with van der Waals surface area (Å²) in [6.45, 7) is 9.12. The van der Waals surface area contributed by atoms with Gasteiger partial charge in [-0.1, -0.05) is 50.2 Å². The van der Waals surface area contributed by atoms with Crippen LogP contribution in [0.2, 0.25) is 0 Å². The van der Waals surface area contributed by atoms with E-state index in [-0.39, 0.29) is 5.91 Å². The predicted octanol–water partition coefficient (Wildman–Crippen LogP) is 5.55. The zero-order valence-electron chi connectivity index (χ0n) is 18.7. The normalized spacial score (nSPS) is 13.2. The van der Waals surface area contributed by atoms with Crippen molar-refractivity contribution in [3.63, 3.8) is 0 Å². The van der Waals surface area contributed by atoms with Gasteiger partial charge in [0.2, 0.25) is 5.91 Å². The molecule has 0 aliphatic carbocycles. The van der Waals surface area contributed by atoms with Gasteiger partial charge in [0.05, 0.1) is 13.2 Å². The van der Waals surface area contributed by atoms with E-state index < -0.39 is 0 Å². The minimum atomic E-state index is 0.238. The van der Waals surface area contributed by atoms with Gasteiger partial charge in [0, 0.05) is 25.9 Å². The number of unbranched alkanes of at least 4 members (excludes halogenated alkanes) is 1. The lowest BCUT2D eigenvalue weighted by atomic mass is 10.1. The maximum atomic E-state index is 13.0. The molecule has 1 amide bonds. The number of aryl methyl sites for hydroxylation is 2. The minimum absolute atomic E-state index is 0.238. The molecule has 0 atom stereocenters. The molecule has 2 aromatic carbocycles. The van der Waals surface area contributed by atoms with E-state index in [1.54, 1.807) is 0 Å². The van der Waals surface area contributed by atoms with Crippen LogP contribution in [0.3, 0.4) is 0 Å². The van der Waals surface area contributed by atoms with Crippen LogP contribution in [-0.2, 0) is 17.8 Å². The Bertz CT molecular complexity index is 817. The van der Waals surface area contributed by atoms with Crippen molar-refractivity contribution in [1.82, 2.24) is 4.90 Å². The molecule has 0 saturated carbocycles. The second-order valence-electron chi connectivity index (χ2n) is 8.65. The Hall–Kier alpha value is -2.49. The standard InChI is InChI=1S/C26H35NO3/c1-20(2)18-27(25(28)13-8-7-12-22-10-5-4-6-11-22)19-23-16-21(3)26-24(17-23)29-14-9-15-30-26/h4-6,10-11,16-17,20H,7-9,12-15,18-19H2,1-3H3. The second kappa shape index (κ2) is 11.1. The van der Waals surface area contributed by atoms with Crippen molar-refractivity contribution in [2.75, 3.05) is 19.8 Å². The van der Waals surface area contributed by atoms with E-state index in [2.05, 4.69) is 51.1 Å². The molecule has 4 nitrogen and oxygen atoms in total. The molecular formula is C26H35NO3. The third-order valence-corrected chi connectivity index (χ3v) is 5.35. The Morgan fingerprint density at radius 3 is 2.57 bits per heavy atom. The summed E-state index contributed by atoms with van der Waals surface area (Å²) in [5.41, 5.74) is 3.52. The Balaban J connectivity index is 1.60. The van der Waals surface area contributed by atoms with Gasteiger partial charge in [-0.3, -0.25) is 4.79 Å². The van der Waals surface area contributed by atoms with Crippen molar-refractivity contribution >= 4 is 5.91 Å². The highest BCUT2D eigenvalue weighted by Crippen LogP contribution is 2.34. The number of rotatable bonds is 9. The molecule has 0 N–H and O–H groups in total. The van der Waals surface area contributed by atoms with Gasteiger partial charge in [-0.05, 0) is 54.9 Å². The van der Waals surface area contributed by atoms with Crippen LogP contribution < -0.4 is 9.47 Å². The van der Waals surface area contributed by atoms with E-state index in [0.717, 1.165) is 54.9 Å². The molecule has 162 valence electrons. The van der Waals surface area contributed by atoms with Crippen molar-refractivity contribution in [3.05, 3.63) is 59.2 Å². The first-order chi connectivity index (χ1) is 14.5. The number of benzene rings is 2. The highest BCUT2D eigenvalue weighted by atomic mass is 16.5. The van der Waals surface area contributed by atoms with Crippen molar-refractivity contribution in [1.29, 1.82) is 0 Å². The number of carbonyl (C=O) groups excluding carboxylic acids is 1. The smallest absolute Gasteiger partial charge is 0.222 e. The van der Waals surface area contributed by atoms with E-state index in [1.807, 2.05) is 17.0 Å². The summed E-state index contributed by atoms with van der Waals surface area (Å²) in [5, 5.41) is 0. The molecule has 0 saturated heterocycles. The lowest BCUT2D eigenvalue weighted by Gasteiger charge is -2.25. The lowest BCUT2D eigenvalue weighted by Crippen LogP contribution is -2.33. The Morgan fingerprint density at radius 1 is 1.03 bits per heavy atom. The first kappa shape index (κ1) is 22.2. The van der Waals surface area contributed by atoms with Crippen molar-refractivity contribution in [2.45, 2.75) is 59.4 Å². The van der Waals surface area contributed by atoms with Gasteiger partial charge in [-0.25, -0.2) is 0 Å². The molecule has 0 spiro atoms. The molecule has 0 unspecified atom stereocenters. The summed E-state index contributed by atoms with van der Waals surface area (Å²) < 4.78 is 11.7. The molecule has 1 heterocycles. The van der Waals surface area contributed by atoms with E-state index in [9.17, 15) is 4.79 Å². The minimum Gasteiger partial charge on any atom is -0.490 e. The fourth-order valence-electron chi connectivity index (χ4n) is 3.94. The SMILES string of the molecule is Cc1cc(CN(CC(C)C)C(=O)CCCCc2ccccc2)cc2c1OCCCO2. The number of amides is 1. The van der Waals surface area contributed by atoms with Crippen molar-refractivity contribution in [2.24, 2.45) is 5.92 Å². The van der Waals surface area contributed by atoms with E-state index in [4.69, 9.17) is 9.47 Å². The molecule has 4 heteroatoms. The van der Waals surface area contributed by atoms with Crippen LogP contribution >= 0.6 is 0 Å². The molecule has 0 bridgehead atoms. The van der Waals surface area contributed by atoms with Gasteiger partial charge >= 0.3 is 0 Å². The number of carbonyl (C=O) groups is 1. The van der Waals surface area contributed by atoms with Crippen LogP contribution in [0, 0.1) is 12.8 Å². The summed E-state index contributed by atoms with van der Waals surface area (Å²) in [4.78, 5) is 15.0. The predicted molar refractivity (Wildman–Crippen MR) is 121 cm³/mol. The monoisotopic (exact) mass is 409 g/mol. The van der Waals surface area contributed by atoms with Gasteiger partial charge < -0.3 is 14.4 Å². The van der Waals surface area contributed by atoms with E-state index in [1.165, 1.54) is 5.56 Å². The molecule has 2 aromatic rings. The third-order valence-electron chi connectivity index (χ3n) is 5.35. The van der Waals surface area contributed by atoms with Crippen LogP contribution in [0.15, 0.2) is 42.5 Å². The average molecular weight is 410 g/mol. The summed E-state index contributed by atoms with van der Waals surface area (Å²) in [6, 6.07) is 14.7. The Labute approximate surface area is 181 Å². The van der Waals surface area contributed by atoms with Crippen LogP contribution in [0.25, 0.3) is 0 Å². The van der Waals surface area contributed by atoms with Crippen molar-refractivity contribution in [3.8, 4) is 11.5 Å².